The van der Waals surface area contributed by atoms with Gasteiger partial charge in [-0.25, -0.2) is 9.97 Å². The van der Waals surface area contributed by atoms with Crippen molar-refractivity contribution in [1.82, 2.24) is 9.97 Å². The van der Waals surface area contributed by atoms with Crippen LogP contribution in [0, 0.1) is 0 Å². The first kappa shape index (κ1) is 16.9. The van der Waals surface area contributed by atoms with Crippen molar-refractivity contribution in [2.75, 3.05) is 24.9 Å². The van der Waals surface area contributed by atoms with Crippen LogP contribution in [-0.2, 0) is 0 Å². The van der Waals surface area contributed by atoms with Gasteiger partial charge in [0.1, 0.15) is 29.5 Å². The first-order chi connectivity index (χ1) is 12.2. The Kier molecular flexibility index (Phi) is 5.20. The second-order valence-corrected chi connectivity index (χ2v) is 5.55. The van der Waals surface area contributed by atoms with Crippen molar-refractivity contribution in [3.63, 3.8) is 0 Å². The number of hydrogen-bond acceptors (Lipinski definition) is 6. The molecule has 0 bridgehead atoms. The lowest BCUT2D eigenvalue weighted by atomic mass is 10.3. The summed E-state index contributed by atoms with van der Waals surface area (Å²) in [6.07, 6.45) is 1.48. The van der Waals surface area contributed by atoms with Crippen LogP contribution in [-0.4, -0.2) is 24.2 Å². The van der Waals surface area contributed by atoms with E-state index < -0.39 is 0 Å². The molecule has 6 nitrogen and oxygen atoms in total. The number of halogens is 1. The topological polar surface area (TPSA) is 68.3 Å². The van der Waals surface area contributed by atoms with E-state index in [9.17, 15) is 0 Å². The predicted octanol–water partition coefficient (Wildman–Crippen LogP) is 4.63. The van der Waals surface area contributed by atoms with Crippen molar-refractivity contribution < 1.29 is 9.47 Å². The standard InChI is InChI=1S/C18H17ClN4O2/c1-24-14-6-4-13(5-7-14)22-17-10-18(21-11-20-17)23-15-9-12(19)3-8-16(15)25-2/h3-11H,1-2H3,(H2,20,21,22,23). The first-order valence-electron chi connectivity index (χ1n) is 7.51. The average molecular weight is 357 g/mol. The van der Waals surface area contributed by atoms with Crippen LogP contribution in [0.15, 0.2) is 54.9 Å². The van der Waals surface area contributed by atoms with Gasteiger partial charge in [0.25, 0.3) is 0 Å². The van der Waals surface area contributed by atoms with Gasteiger partial charge in [-0.15, -0.1) is 0 Å². The predicted molar refractivity (Wildman–Crippen MR) is 99.6 cm³/mol. The zero-order valence-corrected chi connectivity index (χ0v) is 14.5. The minimum absolute atomic E-state index is 0.605. The highest BCUT2D eigenvalue weighted by Crippen LogP contribution is 2.30. The quantitative estimate of drug-likeness (QED) is 0.671. The van der Waals surface area contributed by atoms with Crippen molar-refractivity contribution in [2.24, 2.45) is 0 Å². The largest absolute Gasteiger partial charge is 0.497 e. The molecule has 7 heteroatoms. The number of ether oxygens (including phenoxy) is 2. The molecular weight excluding hydrogens is 340 g/mol. The van der Waals surface area contributed by atoms with Crippen LogP contribution in [0.2, 0.25) is 5.02 Å². The van der Waals surface area contributed by atoms with E-state index >= 15 is 0 Å². The van der Waals surface area contributed by atoms with Crippen LogP contribution in [0.4, 0.5) is 23.0 Å². The molecular formula is C18H17ClN4O2. The highest BCUT2D eigenvalue weighted by Gasteiger charge is 2.06. The second-order valence-electron chi connectivity index (χ2n) is 5.11. The average Bonchev–Trinajstić information content (AvgIpc) is 2.63. The Morgan fingerprint density at radius 1 is 0.840 bits per heavy atom. The Morgan fingerprint density at radius 2 is 1.56 bits per heavy atom. The Morgan fingerprint density at radius 3 is 2.24 bits per heavy atom. The molecule has 0 aliphatic rings. The van der Waals surface area contributed by atoms with E-state index in [1.165, 1.54) is 6.33 Å². The van der Waals surface area contributed by atoms with E-state index in [1.54, 1.807) is 38.5 Å². The molecule has 0 unspecified atom stereocenters. The third kappa shape index (κ3) is 4.30. The van der Waals surface area contributed by atoms with E-state index in [4.69, 9.17) is 21.1 Å². The van der Waals surface area contributed by atoms with Crippen molar-refractivity contribution in [3.8, 4) is 11.5 Å². The fourth-order valence-electron chi connectivity index (χ4n) is 2.23. The summed E-state index contributed by atoms with van der Waals surface area (Å²) >= 11 is 6.05. The molecule has 0 saturated heterocycles. The van der Waals surface area contributed by atoms with E-state index in [0.29, 0.717) is 22.4 Å². The van der Waals surface area contributed by atoms with Crippen LogP contribution in [0.1, 0.15) is 0 Å². The Bertz CT molecular complexity index is 856. The van der Waals surface area contributed by atoms with Gasteiger partial charge in [-0.3, -0.25) is 0 Å². The molecule has 0 saturated carbocycles. The van der Waals surface area contributed by atoms with Crippen LogP contribution < -0.4 is 20.1 Å². The number of anilines is 4. The molecule has 1 heterocycles. The van der Waals surface area contributed by atoms with E-state index in [-0.39, 0.29) is 0 Å². The monoisotopic (exact) mass is 356 g/mol. The molecule has 0 spiro atoms. The fourth-order valence-corrected chi connectivity index (χ4v) is 2.40. The number of nitrogens with one attached hydrogen (secondary N) is 2. The molecule has 2 N–H and O–H groups in total. The molecule has 1 aromatic heterocycles. The SMILES string of the molecule is COc1ccc(Nc2cc(Nc3cc(Cl)ccc3OC)ncn2)cc1. The molecule has 25 heavy (non-hydrogen) atoms. The molecule has 0 radical (unpaired) electrons. The van der Waals surface area contributed by atoms with Crippen LogP contribution in [0.5, 0.6) is 11.5 Å². The summed E-state index contributed by atoms with van der Waals surface area (Å²) in [4.78, 5) is 8.46. The molecule has 0 atom stereocenters. The van der Waals surface area contributed by atoms with Gasteiger partial charge in [0.05, 0.1) is 19.9 Å². The van der Waals surface area contributed by atoms with Crippen LogP contribution in [0.3, 0.4) is 0 Å². The number of aromatic nitrogens is 2. The molecule has 0 aliphatic heterocycles. The summed E-state index contributed by atoms with van der Waals surface area (Å²) < 4.78 is 10.5. The lowest BCUT2D eigenvalue weighted by Crippen LogP contribution is -2.00. The van der Waals surface area contributed by atoms with Gasteiger partial charge in [-0.05, 0) is 42.5 Å². The van der Waals surface area contributed by atoms with Crippen molar-refractivity contribution in [3.05, 3.63) is 59.9 Å². The fraction of sp³-hybridized carbons (Fsp3) is 0.111. The summed E-state index contributed by atoms with van der Waals surface area (Å²) in [5, 5.41) is 7.01. The zero-order valence-electron chi connectivity index (χ0n) is 13.8. The maximum absolute atomic E-state index is 6.05. The number of benzene rings is 2. The molecule has 0 aliphatic carbocycles. The van der Waals surface area contributed by atoms with Crippen LogP contribution >= 0.6 is 11.6 Å². The van der Waals surface area contributed by atoms with Crippen LogP contribution in [0.25, 0.3) is 0 Å². The Hall–Kier alpha value is -2.99. The Balaban J connectivity index is 1.78. The normalized spacial score (nSPS) is 10.2. The minimum Gasteiger partial charge on any atom is -0.497 e. The van der Waals surface area contributed by atoms with Crippen molar-refractivity contribution >= 4 is 34.6 Å². The summed E-state index contributed by atoms with van der Waals surface area (Å²) in [5.74, 6) is 2.74. The number of hydrogen-bond donors (Lipinski definition) is 2. The zero-order chi connectivity index (χ0) is 17.6. The molecule has 2 aromatic carbocycles. The first-order valence-corrected chi connectivity index (χ1v) is 7.89. The lowest BCUT2D eigenvalue weighted by molar-refractivity contribution is 0.415. The lowest BCUT2D eigenvalue weighted by Gasteiger charge is -2.12. The van der Waals surface area contributed by atoms with E-state index in [2.05, 4.69) is 20.6 Å². The van der Waals surface area contributed by atoms with Crippen molar-refractivity contribution in [1.29, 1.82) is 0 Å². The van der Waals surface area contributed by atoms with Gasteiger partial charge < -0.3 is 20.1 Å². The Labute approximate surface area is 150 Å². The maximum Gasteiger partial charge on any atom is 0.142 e. The smallest absolute Gasteiger partial charge is 0.142 e. The summed E-state index contributed by atoms with van der Waals surface area (Å²) in [6, 6.07) is 14.7. The molecule has 0 fully saturated rings. The summed E-state index contributed by atoms with van der Waals surface area (Å²) in [6.45, 7) is 0. The van der Waals surface area contributed by atoms with Gasteiger partial charge in [-0.2, -0.15) is 0 Å². The maximum atomic E-state index is 6.05. The number of nitrogens with zero attached hydrogens (tertiary/aromatic N) is 2. The summed E-state index contributed by atoms with van der Waals surface area (Å²) in [5.41, 5.74) is 1.62. The highest BCUT2D eigenvalue weighted by atomic mass is 35.5. The van der Waals surface area contributed by atoms with E-state index in [0.717, 1.165) is 17.1 Å². The number of methoxy groups -OCH3 is 2. The van der Waals surface area contributed by atoms with Gasteiger partial charge in [0, 0.05) is 16.8 Å². The number of rotatable bonds is 6. The van der Waals surface area contributed by atoms with Crippen molar-refractivity contribution in [2.45, 2.75) is 0 Å². The minimum atomic E-state index is 0.605. The second kappa shape index (κ2) is 7.72. The van der Waals surface area contributed by atoms with E-state index in [1.807, 2.05) is 24.3 Å². The van der Waals surface area contributed by atoms with Gasteiger partial charge in [0.15, 0.2) is 0 Å². The molecule has 3 rings (SSSR count). The third-order valence-corrected chi connectivity index (χ3v) is 3.69. The molecule has 128 valence electrons. The molecule has 0 amide bonds. The van der Waals surface area contributed by atoms with Gasteiger partial charge in [0.2, 0.25) is 0 Å². The van der Waals surface area contributed by atoms with Gasteiger partial charge >= 0.3 is 0 Å². The summed E-state index contributed by atoms with van der Waals surface area (Å²) in [7, 11) is 3.24. The highest BCUT2D eigenvalue weighted by molar-refractivity contribution is 6.31. The third-order valence-electron chi connectivity index (χ3n) is 3.45. The molecule has 3 aromatic rings. The van der Waals surface area contributed by atoms with Gasteiger partial charge in [-0.1, -0.05) is 11.6 Å².